The second-order valence-electron chi connectivity index (χ2n) is 15.7. The molecule has 0 unspecified atom stereocenters. The van der Waals surface area contributed by atoms with Gasteiger partial charge < -0.3 is 40.4 Å². The number of hydrogen-bond donors (Lipinski definition) is 4. The molecule has 1 fully saturated rings. The van der Waals surface area contributed by atoms with Crippen LogP contribution in [0.2, 0.25) is 0 Å². The van der Waals surface area contributed by atoms with Crippen molar-refractivity contribution in [3.05, 3.63) is 83.9 Å². The number of phenols is 4. The number of hydrogen-bond acceptors (Lipinski definition) is 8. The van der Waals surface area contributed by atoms with Crippen molar-refractivity contribution in [2.75, 3.05) is 36.0 Å². The van der Waals surface area contributed by atoms with E-state index in [9.17, 15) is 20.4 Å². The van der Waals surface area contributed by atoms with Gasteiger partial charge in [-0.3, -0.25) is 0 Å². The molecule has 56 heavy (non-hydrogen) atoms. The molecule has 0 saturated heterocycles. The predicted octanol–water partition coefficient (Wildman–Crippen LogP) is 9.27. The zero-order valence-electron chi connectivity index (χ0n) is 33.2. The number of anilines is 2. The fourth-order valence-electron chi connectivity index (χ4n) is 9.37. The Morgan fingerprint density at radius 3 is 0.911 bits per heavy atom. The van der Waals surface area contributed by atoms with Gasteiger partial charge in [-0.1, -0.05) is 102 Å². The highest BCUT2D eigenvalue weighted by Crippen LogP contribution is 2.58. The summed E-state index contributed by atoms with van der Waals surface area (Å²) in [6.07, 6.45) is 4.78. The van der Waals surface area contributed by atoms with Crippen LogP contribution >= 0.6 is 0 Å². The van der Waals surface area contributed by atoms with Crippen LogP contribution in [0.4, 0.5) is 11.4 Å². The highest BCUT2D eigenvalue weighted by atomic mass is 16.3. The van der Waals surface area contributed by atoms with Gasteiger partial charge in [0.05, 0.1) is 11.4 Å². The Morgan fingerprint density at radius 1 is 0.429 bits per heavy atom. The van der Waals surface area contributed by atoms with Crippen LogP contribution in [0.25, 0.3) is 43.1 Å². The summed E-state index contributed by atoms with van der Waals surface area (Å²) in [4.78, 5) is 4.64. The van der Waals surface area contributed by atoms with Crippen LogP contribution in [-0.4, -0.2) is 58.8 Å². The van der Waals surface area contributed by atoms with E-state index in [0.717, 1.165) is 110 Å². The van der Waals surface area contributed by atoms with Crippen molar-refractivity contribution in [2.24, 2.45) is 0 Å². The first kappa shape index (κ1) is 39.3. The summed E-state index contributed by atoms with van der Waals surface area (Å²) < 4.78 is 0. The highest BCUT2D eigenvalue weighted by molar-refractivity contribution is 6.19. The minimum Gasteiger partial charge on any atom is -0.851 e. The first-order chi connectivity index (χ1) is 27.2. The number of fused-ring (bicyclic) bond motifs is 4. The van der Waals surface area contributed by atoms with Gasteiger partial charge in [0.1, 0.15) is 23.0 Å². The molecule has 8 nitrogen and oxygen atoms in total. The van der Waals surface area contributed by atoms with Crippen LogP contribution < -0.4 is 20.0 Å². The third-order valence-electron chi connectivity index (χ3n) is 12.1. The number of aromatic hydroxyl groups is 4. The topological polar surface area (TPSA) is 134 Å². The van der Waals surface area contributed by atoms with Crippen LogP contribution in [0.3, 0.4) is 0 Å². The molecule has 296 valence electrons. The molecular formula is C48H56N2O6-2. The first-order valence-corrected chi connectivity index (χ1v) is 20.8. The van der Waals surface area contributed by atoms with E-state index in [2.05, 4.69) is 37.5 Å². The van der Waals surface area contributed by atoms with E-state index in [0.29, 0.717) is 32.7 Å². The number of rotatable bonds is 16. The summed E-state index contributed by atoms with van der Waals surface area (Å²) in [5.74, 6) is -2.46. The van der Waals surface area contributed by atoms with Gasteiger partial charge in [-0.05, 0) is 72.9 Å². The molecule has 4 N–H and O–H groups in total. The summed E-state index contributed by atoms with van der Waals surface area (Å²) in [7, 11) is 0. The second-order valence-corrected chi connectivity index (χ2v) is 15.7. The molecule has 0 spiro atoms. The lowest BCUT2D eigenvalue weighted by molar-refractivity contribution is -0.535. The van der Waals surface area contributed by atoms with E-state index in [1.54, 1.807) is 48.5 Å². The molecule has 1 saturated carbocycles. The van der Waals surface area contributed by atoms with E-state index in [1.807, 2.05) is 24.3 Å². The van der Waals surface area contributed by atoms with Crippen LogP contribution in [0.1, 0.15) is 102 Å². The van der Waals surface area contributed by atoms with E-state index in [-0.39, 0.29) is 23.0 Å². The minimum absolute atomic E-state index is 0.0486. The molecule has 6 aromatic carbocycles. The van der Waals surface area contributed by atoms with E-state index in [1.165, 1.54) is 0 Å². The Hall–Kier alpha value is -4.92. The van der Waals surface area contributed by atoms with Gasteiger partial charge in [0, 0.05) is 69.3 Å². The van der Waals surface area contributed by atoms with E-state index >= 15 is 10.2 Å². The third kappa shape index (κ3) is 6.60. The molecule has 8 heteroatoms. The molecule has 0 radical (unpaired) electrons. The lowest BCUT2D eigenvalue weighted by Gasteiger charge is -2.62. The maximum Gasteiger partial charge on any atom is 0.123 e. The molecule has 0 aromatic heterocycles. The number of benzene rings is 6. The SMILES string of the molecule is CCCCN(CCCC)c1c2cccc(O)c2c(C2C([O-])C(c3c4c(O)cccc4c(N(CCCC)CCCC)c4cccc(O)c34)C2[O-])c2c(O)cccc12. The van der Waals surface area contributed by atoms with Crippen molar-refractivity contribution >= 4 is 54.5 Å². The fourth-order valence-corrected chi connectivity index (χ4v) is 9.37. The van der Waals surface area contributed by atoms with Crippen molar-refractivity contribution in [3.8, 4) is 23.0 Å². The summed E-state index contributed by atoms with van der Waals surface area (Å²) >= 11 is 0. The molecule has 0 atom stereocenters. The van der Waals surface area contributed by atoms with Crippen molar-refractivity contribution in [1.29, 1.82) is 0 Å². The Kier molecular flexibility index (Phi) is 11.7. The molecular weight excluding hydrogens is 701 g/mol. The molecule has 0 bridgehead atoms. The molecule has 0 aliphatic heterocycles. The molecule has 0 amide bonds. The smallest absolute Gasteiger partial charge is 0.123 e. The van der Waals surface area contributed by atoms with Crippen LogP contribution in [0, 0.1) is 0 Å². The highest BCUT2D eigenvalue weighted by Gasteiger charge is 2.43. The van der Waals surface area contributed by atoms with Crippen LogP contribution in [-0.2, 0) is 0 Å². The molecule has 7 rings (SSSR count). The number of nitrogens with zero attached hydrogens (tertiary/aromatic N) is 2. The largest absolute Gasteiger partial charge is 0.851 e. The molecule has 1 aliphatic rings. The zero-order valence-corrected chi connectivity index (χ0v) is 33.2. The zero-order chi connectivity index (χ0) is 39.7. The number of phenolic OH excluding ortho intramolecular Hbond substituents is 4. The van der Waals surface area contributed by atoms with Gasteiger partial charge >= 0.3 is 0 Å². The average Bonchev–Trinajstić information content (AvgIpc) is 3.19. The lowest BCUT2D eigenvalue weighted by atomic mass is 9.60. The molecule has 1 aliphatic carbocycles. The van der Waals surface area contributed by atoms with Crippen LogP contribution in [0.15, 0.2) is 72.8 Å². The summed E-state index contributed by atoms with van der Waals surface area (Å²) in [6, 6.07) is 21.3. The van der Waals surface area contributed by atoms with Crippen LogP contribution in [0.5, 0.6) is 23.0 Å². The second kappa shape index (κ2) is 16.7. The van der Waals surface area contributed by atoms with Crippen molar-refractivity contribution in [3.63, 3.8) is 0 Å². The van der Waals surface area contributed by atoms with Crippen molar-refractivity contribution in [1.82, 2.24) is 0 Å². The molecule has 6 aromatic rings. The Morgan fingerprint density at radius 2 is 0.679 bits per heavy atom. The van der Waals surface area contributed by atoms with Gasteiger partial charge in [-0.25, -0.2) is 0 Å². The predicted molar refractivity (Wildman–Crippen MR) is 227 cm³/mol. The van der Waals surface area contributed by atoms with Gasteiger partial charge in [0.2, 0.25) is 0 Å². The maximum absolute atomic E-state index is 15.1. The van der Waals surface area contributed by atoms with Gasteiger partial charge in [-0.15, -0.1) is 12.2 Å². The maximum atomic E-state index is 15.1. The summed E-state index contributed by atoms with van der Waals surface area (Å²) in [5.41, 5.74) is 2.49. The summed E-state index contributed by atoms with van der Waals surface area (Å²) in [5, 5.41) is 81.6. The number of unbranched alkanes of at least 4 members (excludes halogenated alkanes) is 4. The van der Waals surface area contributed by atoms with Crippen molar-refractivity contribution < 1.29 is 30.6 Å². The quantitative estimate of drug-likeness (QED) is 0.0719. The van der Waals surface area contributed by atoms with Gasteiger partial charge in [-0.2, -0.15) is 0 Å². The fraction of sp³-hybridized carbons (Fsp3) is 0.417. The normalized spacial score (nSPS) is 18.2. The van der Waals surface area contributed by atoms with Gasteiger partial charge in [0.25, 0.3) is 0 Å². The molecule has 0 heterocycles. The lowest BCUT2D eigenvalue weighted by Crippen LogP contribution is -2.63. The Balaban J connectivity index is 1.47. The van der Waals surface area contributed by atoms with E-state index < -0.39 is 24.0 Å². The Labute approximate surface area is 330 Å². The Bertz CT molecular complexity index is 2040. The standard InChI is InChI=1S/C48H56N2O6/c1-5-9-25-49(26-10-6-2)45-29-17-13-21-33(51)37(29)41(38-30(45)18-14-22-34(38)52)43-47(55)44(48(43)56)42-39-31(19-15-23-35(39)53)46(32-20-16-24-36(54)40(32)42)50(27-11-7-3)28-12-8-4/h13-24,43-44,47-48,51-54H,5-12,25-28H2,1-4H3/q-2. The van der Waals surface area contributed by atoms with E-state index in [4.69, 9.17) is 0 Å². The monoisotopic (exact) mass is 756 g/mol. The van der Waals surface area contributed by atoms with Crippen molar-refractivity contribution in [2.45, 2.75) is 103 Å². The van der Waals surface area contributed by atoms with Gasteiger partial charge in [0.15, 0.2) is 0 Å². The average molecular weight is 757 g/mol. The first-order valence-electron chi connectivity index (χ1n) is 20.8. The minimum atomic E-state index is -1.52. The third-order valence-corrected chi connectivity index (χ3v) is 12.1. The summed E-state index contributed by atoms with van der Waals surface area (Å²) in [6.45, 7) is 11.7.